The molecule has 0 fully saturated rings. The standard InChI is InChI=1S/C60H46N2/c1-39-26-30-53-54-31-29-48(37-57(54)52-25-10-9-24-51(52)56(53)32-39)45-20-11-19-44(33-45)46-21-13-23-50(35-46)60-61-58(49-22-12-18-43(34-49)41-14-5-3-6-15-41)38-59(62-60)55-36-47(28-27-40(55)2)42-16-7-4-8-17-42/h3-31,33-40,55H,32H2,1-2H3. The van der Waals surface area contributed by atoms with Crippen LogP contribution in [0.2, 0.25) is 0 Å². The van der Waals surface area contributed by atoms with Crippen LogP contribution in [-0.2, 0) is 6.42 Å². The van der Waals surface area contributed by atoms with Crippen molar-refractivity contribution in [2.75, 3.05) is 0 Å². The molecule has 3 unspecified atom stereocenters. The average Bonchev–Trinajstić information content (AvgIpc) is 3.34. The van der Waals surface area contributed by atoms with Crippen molar-refractivity contribution >= 4 is 33.2 Å². The molecular formula is C60H46N2. The molecule has 2 nitrogen and oxygen atoms in total. The van der Waals surface area contributed by atoms with Gasteiger partial charge in [-0.15, -0.1) is 0 Å². The Morgan fingerprint density at radius 3 is 1.74 bits per heavy atom. The van der Waals surface area contributed by atoms with Crippen LogP contribution in [0.15, 0.2) is 206 Å². The van der Waals surface area contributed by atoms with E-state index in [1.165, 1.54) is 60.5 Å². The molecule has 0 N–H and O–H groups in total. The molecule has 0 saturated carbocycles. The van der Waals surface area contributed by atoms with Gasteiger partial charge in [0.15, 0.2) is 5.82 Å². The SMILES string of the molecule is CC1C=Cc2c(c3ccccc3c3cc(-c4cccc(-c5cccc(-c6nc(-c7cccc(-c8ccccc8)c7)cc(C7C=C(c8ccccc8)C=CC7C)n6)c5)c4)ccc23)C1. The molecule has 296 valence electrons. The van der Waals surface area contributed by atoms with Crippen molar-refractivity contribution in [2.45, 2.75) is 26.2 Å². The van der Waals surface area contributed by atoms with Gasteiger partial charge in [-0.25, -0.2) is 9.97 Å². The van der Waals surface area contributed by atoms with Crippen molar-refractivity contribution < 1.29 is 0 Å². The molecule has 0 aliphatic heterocycles. The number of hydrogen-bond acceptors (Lipinski definition) is 2. The highest BCUT2D eigenvalue weighted by Crippen LogP contribution is 2.41. The van der Waals surface area contributed by atoms with Crippen LogP contribution in [0.4, 0.5) is 0 Å². The fourth-order valence-electron chi connectivity index (χ4n) is 9.60. The molecule has 1 heterocycles. The molecule has 62 heavy (non-hydrogen) atoms. The summed E-state index contributed by atoms with van der Waals surface area (Å²) in [5, 5.41) is 5.33. The average molecular weight is 795 g/mol. The largest absolute Gasteiger partial charge is 0.232 e. The van der Waals surface area contributed by atoms with Gasteiger partial charge in [0.2, 0.25) is 0 Å². The van der Waals surface area contributed by atoms with Gasteiger partial charge in [-0.1, -0.05) is 196 Å². The van der Waals surface area contributed by atoms with Crippen LogP contribution in [0.5, 0.6) is 0 Å². The molecule has 3 atom stereocenters. The minimum Gasteiger partial charge on any atom is -0.232 e. The van der Waals surface area contributed by atoms with Gasteiger partial charge in [0.05, 0.1) is 11.4 Å². The Kier molecular flexibility index (Phi) is 9.62. The third-order valence-electron chi connectivity index (χ3n) is 12.9. The first-order valence-corrected chi connectivity index (χ1v) is 21.9. The normalized spacial score (nSPS) is 16.9. The van der Waals surface area contributed by atoms with Crippen molar-refractivity contribution in [1.82, 2.24) is 9.97 Å². The maximum absolute atomic E-state index is 5.41. The highest BCUT2D eigenvalue weighted by Gasteiger charge is 2.24. The summed E-state index contributed by atoms with van der Waals surface area (Å²) in [4.78, 5) is 10.7. The lowest BCUT2D eigenvalue weighted by Crippen LogP contribution is -2.12. The molecule has 0 saturated heterocycles. The second kappa shape index (κ2) is 15.9. The van der Waals surface area contributed by atoms with Crippen molar-refractivity contribution in [2.24, 2.45) is 11.8 Å². The smallest absolute Gasteiger partial charge is 0.160 e. The van der Waals surface area contributed by atoms with E-state index in [1.54, 1.807) is 0 Å². The van der Waals surface area contributed by atoms with Crippen molar-refractivity contribution in [3.8, 4) is 56.0 Å². The maximum atomic E-state index is 5.41. The summed E-state index contributed by atoms with van der Waals surface area (Å²) in [6.45, 7) is 4.60. The molecule has 0 bridgehead atoms. The zero-order chi connectivity index (χ0) is 41.6. The molecular weight excluding hydrogens is 749 g/mol. The van der Waals surface area contributed by atoms with Crippen LogP contribution in [0.1, 0.15) is 42.1 Å². The van der Waals surface area contributed by atoms with Crippen LogP contribution in [0.3, 0.4) is 0 Å². The van der Waals surface area contributed by atoms with Crippen molar-refractivity contribution in [1.29, 1.82) is 0 Å². The number of rotatable bonds is 7. The van der Waals surface area contributed by atoms with E-state index in [0.717, 1.165) is 51.5 Å². The van der Waals surface area contributed by atoms with Crippen LogP contribution >= 0.6 is 0 Å². The summed E-state index contributed by atoms with van der Waals surface area (Å²) in [7, 11) is 0. The Balaban J connectivity index is 0.999. The Bertz CT molecular complexity index is 3240. The number of allylic oxidation sites excluding steroid dienone is 5. The predicted molar refractivity (Wildman–Crippen MR) is 262 cm³/mol. The summed E-state index contributed by atoms with van der Waals surface area (Å²) < 4.78 is 0. The Morgan fingerprint density at radius 2 is 1.00 bits per heavy atom. The second-order valence-corrected chi connectivity index (χ2v) is 17.1. The van der Waals surface area contributed by atoms with Crippen molar-refractivity contribution in [3.63, 3.8) is 0 Å². The van der Waals surface area contributed by atoms with E-state index in [4.69, 9.17) is 9.97 Å². The third-order valence-corrected chi connectivity index (χ3v) is 12.9. The first kappa shape index (κ1) is 37.6. The Labute approximate surface area is 364 Å². The predicted octanol–water partition coefficient (Wildman–Crippen LogP) is 15.7. The lowest BCUT2D eigenvalue weighted by Gasteiger charge is -2.24. The molecule has 8 aromatic carbocycles. The van der Waals surface area contributed by atoms with Gasteiger partial charge in [0.25, 0.3) is 0 Å². The zero-order valence-corrected chi connectivity index (χ0v) is 35.0. The lowest BCUT2D eigenvalue weighted by atomic mass is 9.82. The lowest BCUT2D eigenvalue weighted by molar-refractivity contribution is 0.621. The molecule has 1 aromatic heterocycles. The van der Waals surface area contributed by atoms with Crippen molar-refractivity contribution in [3.05, 3.63) is 229 Å². The summed E-state index contributed by atoms with van der Waals surface area (Å²) in [6, 6.07) is 65.8. The van der Waals surface area contributed by atoms with E-state index in [9.17, 15) is 0 Å². The summed E-state index contributed by atoms with van der Waals surface area (Å²) in [5.74, 6) is 1.62. The van der Waals surface area contributed by atoms with E-state index in [2.05, 4.69) is 226 Å². The highest BCUT2D eigenvalue weighted by atomic mass is 14.9. The summed E-state index contributed by atoms with van der Waals surface area (Å²) >= 11 is 0. The molecule has 2 aliphatic carbocycles. The summed E-state index contributed by atoms with van der Waals surface area (Å²) in [5.41, 5.74) is 16.3. The highest BCUT2D eigenvalue weighted by molar-refractivity contribution is 6.14. The second-order valence-electron chi connectivity index (χ2n) is 17.1. The van der Waals surface area contributed by atoms with E-state index in [0.29, 0.717) is 5.92 Å². The number of aromatic nitrogens is 2. The van der Waals surface area contributed by atoms with Gasteiger partial charge in [-0.05, 0) is 126 Å². The Morgan fingerprint density at radius 1 is 0.419 bits per heavy atom. The van der Waals surface area contributed by atoms with Gasteiger partial charge in [-0.3, -0.25) is 0 Å². The first-order valence-electron chi connectivity index (χ1n) is 21.9. The molecule has 9 aromatic rings. The van der Waals surface area contributed by atoms with Crippen LogP contribution in [-0.4, -0.2) is 9.97 Å². The van der Waals surface area contributed by atoms with Crippen LogP contribution in [0.25, 0.3) is 89.2 Å². The van der Waals surface area contributed by atoms with Crippen LogP contribution < -0.4 is 0 Å². The maximum Gasteiger partial charge on any atom is 0.160 e. The first-order chi connectivity index (χ1) is 30.5. The number of hydrogen-bond donors (Lipinski definition) is 0. The third kappa shape index (κ3) is 7.08. The summed E-state index contributed by atoms with van der Waals surface area (Å²) in [6.07, 6.45) is 12.8. The van der Waals surface area contributed by atoms with E-state index < -0.39 is 0 Å². The van der Waals surface area contributed by atoms with E-state index >= 15 is 0 Å². The fourth-order valence-corrected chi connectivity index (χ4v) is 9.60. The van der Waals surface area contributed by atoms with Gasteiger partial charge in [0, 0.05) is 17.0 Å². The molecule has 0 spiro atoms. The van der Waals surface area contributed by atoms with Gasteiger partial charge >= 0.3 is 0 Å². The quantitative estimate of drug-likeness (QED) is 0.150. The zero-order valence-electron chi connectivity index (χ0n) is 35.0. The van der Waals surface area contributed by atoms with E-state index in [1.807, 2.05) is 0 Å². The minimum atomic E-state index is 0.0806. The minimum absolute atomic E-state index is 0.0806. The van der Waals surface area contributed by atoms with Gasteiger partial charge in [-0.2, -0.15) is 0 Å². The molecule has 0 amide bonds. The topological polar surface area (TPSA) is 25.8 Å². The molecule has 11 rings (SSSR count). The number of benzene rings is 8. The fraction of sp³-hybridized carbons (Fsp3) is 0.100. The monoisotopic (exact) mass is 794 g/mol. The molecule has 2 heteroatoms. The van der Waals surface area contributed by atoms with Gasteiger partial charge < -0.3 is 0 Å². The number of fused-ring (bicyclic) bond motifs is 6. The van der Waals surface area contributed by atoms with Crippen LogP contribution in [0, 0.1) is 11.8 Å². The van der Waals surface area contributed by atoms with Gasteiger partial charge in [0.1, 0.15) is 0 Å². The Hall–Kier alpha value is -7.42. The molecule has 0 radical (unpaired) electrons. The molecule has 2 aliphatic rings. The van der Waals surface area contributed by atoms with E-state index in [-0.39, 0.29) is 11.8 Å². The number of nitrogens with zero attached hydrogens (tertiary/aromatic N) is 2.